The Morgan fingerprint density at radius 1 is 1.05 bits per heavy atom. The van der Waals surface area contributed by atoms with Crippen molar-refractivity contribution >= 4 is 11.6 Å². The van der Waals surface area contributed by atoms with Crippen LogP contribution in [0.15, 0.2) is 36.4 Å². The number of fused-ring (bicyclic) bond motifs is 1. The molecule has 1 aliphatic carbocycles. The minimum absolute atomic E-state index is 0.801. The fourth-order valence-electron chi connectivity index (χ4n) is 2.90. The van der Waals surface area contributed by atoms with Gasteiger partial charge in [-0.15, -0.1) is 0 Å². The molecule has 0 heterocycles. The molecule has 2 aromatic rings. The Labute approximate surface area is 119 Å². The molecule has 0 spiro atoms. The molecule has 3 rings (SSSR count). The van der Waals surface area contributed by atoms with E-state index < -0.39 is 0 Å². The number of hydrogen-bond donors (Lipinski definition) is 1. The lowest BCUT2D eigenvalue weighted by atomic mass is 9.96. The number of halogens is 1. The van der Waals surface area contributed by atoms with Crippen molar-refractivity contribution in [1.82, 2.24) is 5.32 Å². The first-order valence-corrected chi connectivity index (χ1v) is 7.21. The van der Waals surface area contributed by atoms with Gasteiger partial charge < -0.3 is 5.32 Å². The lowest BCUT2D eigenvalue weighted by Gasteiger charge is -2.11. The van der Waals surface area contributed by atoms with E-state index in [2.05, 4.69) is 35.6 Å². The molecule has 0 bridgehead atoms. The molecule has 0 saturated heterocycles. The van der Waals surface area contributed by atoms with Crippen molar-refractivity contribution in [2.24, 2.45) is 0 Å². The van der Waals surface area contributed by atoms with Gasteiger partial charge in [0.25, 0.3) is 0 Å². The molecule has 98 valence electrons. The van der Waals surface area contributed by atoms with E-state index in [0.717, 1.165) is 11.6 Å². The lowest BCUT2D eigenvalue weighted by molar-refractivity contribution is 0.819. The lowest BCUT2D eigenvalue weighted by Crippen LogP contribution is -2.06. The number of rotatable bonds is 3. The van der Waals surface area contributed by atoms with Crippen LogP contribution in [0.3, 0.4) is 0 Å². The van der Waals surface area contributed by atoms with Crippen LogP contribution in [0.25, 0.3) is 11.1 Å². The third-order valence-electron chi connectivity index (χ3n) is 3.85. The normalized spacial score (nSPS) is 13.6. The van der Waals surface area contributed by atoms with Crippen LogP contribution in [0.5, 0.6) is 0 Å². The van der Waals surface area contributed by atoms with Crippen LogP contribution < -0.4 is 5.32 Å². The van der Waals surface area contributed by atoms with Crippen molar-refractivity contribution < 1.29 is 0 Å². The van der Waals surface area contributed by atoms with Crippen LogP contribution in [0.4, 0.5) is 0 Å². The fraction of sp³-hybridized carbons (Fsp3) is 0.294. The second kappa shape index (κ2) is 5.36. The molecule has 0 aromatic heterocycles. The molecular weight excluding hydrogens is 254 g/mol. The van der Waals surface area contributed by atoms with Crippen molar-refractivity contribution in [3.63, 3.8) is 0 Å². The molecule has 1 N–H and O–H groups in total. The standard InChI is InChI=1S/C17H18ClN/c1-19-11-15-7-8-16(18)10-17(15)14-6-5-12-3-2-4-13(12)9-14/h5-10,19H,2-4,11H2,1H3. The Hall–Kier alpha value is -1.31. The van der Waals surface area contributed by atoms with E-state index in [-0.39, 0.29) is 0 Å². The van der Waals surface area contributed by atoms with E-state index in [1.54, 1.807) is 0 Å². The summed E-state index contributed by atoms with van der Waals surface area (Å²) < 4.78 is 0. The van der Waals surface area contributed by atoms with Gasteiger partial charge in [-0.3, -0.25) is 0 Å². The van der Waals surface area contributed by atoms with Crippen LogP contribution in [0.1, 0.15) is 23.1 Å². The van der Waals surface area contributed by atoms with Crippen molar-refractivity contribution in [3.05, 3.63) is 58.1 Å². The van der Waals surface area contributed by atoms with Gasteiger partial charge in [0.05, 0.1) is 0 Å². The monoisotopic (exact) mass is 271 g/mol. The van der Waals surface area contributed by atoms with Gasteiger partial charge in [0.15, 0.2) is 0 Å². The van der Waals surface area contributed by atoms with Crippen molar-refractivity contribution in [3.8, 4) is 11.1 Å². The molecule has 0 unspecified atom stereocenters. The Balaban J connectivity index is 2.07. The summed E-state index contributed by atoms with van der Waals surface area (Å²) in [6.45, 7) is 0.865. The SMILES string of the molecule is CNCc1ccc(Cl)cc1-c1ccc2c(c1)CCC2. The third-order valence-corrected chi connectivity index (χ3v) is 4.08. The molecule has 19 heavy (non-hydrogen) atoms. The highest BCUT2D eigenvalue weighted by Crippen LogP contribution is 2.31. The third kappa shape index (κ3) is 2.54. The van der Waals surface area contributed by atoms with E-state index in [9.17, 15) is 0 Å². The first kappa shape index (κ1) is 12.7. The second-order valence-corrected chi connectivity index (χ2v) is 5.61. The molecule has 0 fully saturated rings. The van der Waals surface area contributed by atoms with Crippen LogP contribution in [0, 0.1) is 0 Å². The fourth-order valence-corrected chi connectivity index (χ4v) is 3.07. The Kier molecular flexibility index (Phi) is 3.58. The number of aryl methyl sites for hydroxylation is 2. The van der Waals surface area contributed by atoms with Crippen molar-refractivity contribution in [1.29, 1.82) is 0 Å². The van der Waals surface area contributed by atoms with Crippen molar-refractivity contribution in [2.45, 2.75) is 25.8 Å². The second-order valence-electron chi connectivity index (χ2n) is 5.17. The predicted molar refractivity (Wildman–Crippen MR) is 81.7 cm³/mol. The topological polar surface area (TPSA) is 12.0 Å². The van der Waals surface area contributed by atoms with Gasteiger partial charge in [-0.05, 0) is 66.3 Å². The minimum atomic E-state index is 0.801. The summed E-state index contributed by atoms with van der Waals surface area (Å²) in [6.07, 6.45) is 3.73. The number of benzene rings is 2. The summed E-state index contributed by atoms with van der Waals surface area (Å²) in [6, 6.07) is 13.0. The summed E-state index contributed by atoms with van der Waals surface area (Å²) in [5.41, 5.74) is 6.85. The van der Waals surface area contributed by atoms with Crippen LogP contribution in [0.2, 0.25) is 5.02 Å². The molecule has 2 aromatic carbocycles. The van der Waals surface area contributed by atoms with Crippen molar-refractivity contribution in [2.75, 3.05) is 7.05 Å². The average molecular weight is 272 g/mol. The summed E-state index contributed by atoms with van der Waals surface area (Å²) in [7, 11) is 1.97. The molecule has 0 saturated carbocycles. The summed E-state index contributed by atoms with van der Waals surface area (Å²) in [5.74, 6) is 0. The van der Waals surface area contributed by atoms with E-state index in [0.29, 0.717) is 0 Å². The van der Waals surface area contributed by atoms with Gasteiger partial charge in [0, 0.05) is 11.6 Å². The van der Waals surface area contributed by atoms with Crippen LogP contribution >= 0.6 is 11.6 Å². The smallest absolute Gasteiger partial charge is 0.0412 e. The van der Waals surface area contributed by atoms with E-state index in [1.807, 2.05) is 13.1 Å². The molecule has 1 aliphatic rings. The minimum Gasteiger partial charge on any atom is -0.316 e. The predicted octanol–water partition coefficient (Wildman–Crippen LogP) is 4.22. The van der Waals surface area contributed by atoms with E-state index in [1.165, 1.54) is 47.1 Å². The molecular formula is C17H18ClN. The maximum absolute atomic E-state index is 6.16. The summed E-state index contributed by atoms with van der Waals surface area (Å²) in [5, 5.41) is 4.02. The first-order chi connectivity index (χ1) is 9.28. The molecule has 0 atom stereocenters. The van der Waals surface area contributed by atoms with Crippen LogP contribution in [-0.4, -0.2) is 7.05 Å². The van der Waals surface area contributed by atoms with Gasteiger partial charge >= 0.3 is 0 Å². The van der Waals surface area contributed by atoms with Gasteiger partial charge in [-0.2, -0.15) is 0 Å². The Morgan fingerprint density at radius 3 is 2.74 bits per heavy atom. The highest BCUT2D eigenvalue weighted by Gasteiger charge is 2.13. The van der Waals surface area contributed by atoms with Gasteiger partial charge in [0.1, 0.15) is 0 Å². The molecule has 0 amide bonds. The van der Waals surface area contributed by atoms with Gasteiger partial charge in [-0.1, -0.05) is 35.9 Å². The largest absolute Gasteiger partial charge is 0.316 e. The van der Waals surface area contributed by atoms with Gasteiger partial charge in [0.2, 0.25) is 0 Å². The zero-order valence-corrected chi connectivity index (χ0v) is 11.9. The highest BCUT2D eigenvalue weighted by atomic mass is 35.5. The Bertz CT molecular complexity index is 604. The molecule has 1 nitrogen and oxygen atoms in total. The first-order valence-electron chi connectivity index (χ1n) is 6.83. The molecule has 0 aliphatic heterocycles. The molecule has 2 heteroatoms. The zero-order chi connectivity index (χ0) is 13.2. The van der Waals surface area contributed by atoms with Crippen LogP contribution in [-0.2, 0) is 19.4 Å². The van der Waals surface area contributed by atoms with E-state index >= 15 is 0 Å². The quantitative estimate of drug-likeness (QED) is 0.882. The number of nitrogens with one attached hydrogen (secondary N) is 1. The van der Waals surface area contributed by atoms with E-state index in [4.69, 9.17) is 11.6 Å². The maximum Gasteiger partial charge on any atom is 0.0412 e. The zero-order valence-electron chi connectivity index (χ0n) is 11.2. The maximum atomic E-state index is 6.16. The Morgan fingerprint density at radius 2 is 1.89 bits per heavy atom. The molecule has 0 radical (unpaired) electrons. The average Bonchev–Trinajstić information content (AvgIpc) is 2.88. The summed E-state index contributed by atoms with van der Waals surface area (Å²) >= 11 is 6.16. The highest BCUT2D eigenvalue weighted by molar-refractivity contribution is 6.30. The number of hydrogen-bond acceptors (Lipinski definition) is 1. The summed E-state index contributed by atoms with van der Waals surface area (Å²) in [4.78, 5) is 0. The van der Waals surface area contributed by atoms with Gasteiger partial charge in [-0.25, -0.2) is 0 Å².